The van der Waals surface area contributed by atoms with Gasteiger partial charge in [-0.2, -0.15) is 10.2 Å². The normalized spacial score (nSPS) is 12.2. The number of aryl methyl sites for hydroxylation is 1. The van der Waals surface area contributed by atoms with E-state index in [9.17, 15) is 9.18 Å². The zero-order valence-corrected chi connectivity index (χ0v) is 15.6. The molecule has 9 heteroatoms. The Morgan fingerprint density at radius 2 is 1.88 bits per heavy atom. The van der Waals surface area contributed by atoms with Gasteiger partial charge >= 0.3 is 0 Å². The number of benzene rings is 1. The van der Waals surface area contributed by atoms with Crippen molar-refractivity contribution in [2.24, 2.45) is 0 Å². The highest BCUT2D eigenvalue weighted by Crippen LogP contribution is 2.22. The molecule has 6 nitrogen and oxygen atoms in total. The first-order chi connectivity index (χ1) is 12.3. The number of aromatic nitrogens is 4. The van der Waals surface area contributed by atoms with E-state index in [2.05, 4.69) is 15.5 Å². The highest BCUT2D eigenvalue weighted by atomic mass is 35.5. The van der Waals surface area contributed by atoms with Gasteiger partial charge in [0, 0.05) is 12.4 Å². The van der Waals surface area contributed by atoms with E-state index >= 15 is 0 Å². The van der Waals surface area contributed by atoms with Crippen LogP contribution < -0.4 is 5.32 Å². The third-order valence-corrected chi connectivity index (χ3v) is 4.50. The fraction of sp³-hybridized carbons (Fsp3) is 0.235. The number of nitrogens with zero attached hydrogens (tertiary/aromatic N) is 4. The van der Waals surface area contributed by atoms with Gasteiger partial charge < -0.3 is 5.32 Å². The van der Waals surface area contributed by atoms with Crippen LogP contribution in [0.3, 0.4) is 0 Å². The summed E-state index contributed by atoms with van der Waals surface area (Å²) < 4.78 is 16.0. The van der Waals surface area contributed by atoms with Crippen molar-refractivity contribution in [3.8, 4) is 0 Å². The van der Waals surface area contributed by atoms with Crippen LogP contribution in [-0.4, -0.2) is 25.5 Å². The van der Waals surface area contributed by atoms with Crippen molar-refractivity contribution in [1.82, 2.24) is 19.6 Å². The van der Waals surface area contributed by atoms with Gasteiger partial charge in [-0.1, -0.05) is 35.3 Å². The average molecular weight is 396 g/mol. The van der Waals surface area contributed by atoms with Gasteiger partial charge in [0.15, 0.2) is 5.82 Å². The number of anilines is 1. The molecule has 0 bridgehead atoms. The fourth-order valence-corrected chi connectivity index (χ4v) is 2.67. The third-order valence-electron chi connectivity index (χ3n) is 3.85. The lowest BCUT2D eigenvalue weighted by Gasteiger charge is -2.11. The monoisotopic (exact) mass is 395 g/mol. The van der Waals surface area contributed by atoms with Crippen LogP contribution in [0.15, 0.2) is 36.7 Å². The van der Waals surface area contributed by atoms with E-state index in [1.165, 1.54) is 16.8 Å². The van der Waals surface area contributed by atoms with E-state index in [1.54, 1.807) is 43.1 Å². The molecule has 3 aromatic rings. The van der Waals surface area contributed by atoms with Gasteiger partial charge in [-0.3, -0.25) is 14.2 Å². The minimum atomic E-state index is -0.584. The minimum Gasteiger partial charge on any atom is -0.306 e. The molecule has 1 aromatic carbocycles. The first-order valence-electron chi connectivity index (χ1n) is 7.83. The van der Waals surface area contributed by atoms with Crippen LogP contribution in [0.1, 0.15) is 24.2 Å². The maximum atomic E-state index is 13.0. The summed E-state index contributed by atoms with van der Waals surface area (Å²) in [6.07, 6.45) is 3.19. The van der Waals surface area contributed by atoms with Crippen molar-refractivity contribution in [1.29, 1.82) is 0 Å². The quantitative estimate of drug-likeness (QED) is 0.707. The van der Waals surface area contributed by atoms with E-state index in [1.807, 2.05) is 0 Å². The second-order valence-electron chi connectivity index (χ2n) is 5.86. The molecular weight excluding hydrogens is 380 g/mol. The Balaban J connectivity index is 1.70. The van der Waals surface area contributed by atoms with Crippen molar-refractivity contribution in [3.63, 3.8) is 0 Å². The van der Waals surface area contributed by atoms with Crippen molar-refractivity contribution in [2.45, 2.75) is 26.4 Å². The molecule has 0 saturated carbocycles. The summed E-state index contributed by atoms with van der Waals surface area (Å²) in [5, 5.41) is 12.0. The summed E-state index contributed by atoms with van der Waals surface area (Å²) in [4.78, 5) is 12.4. The van der Waals surface area contributed by atoms with Crippen LogP contribution in [-0.2, 0) is 11.3 Å². The molecule has 0 saturated heterocycles. The Hall–Kier alpha value is -2.38. The topological polar surface area (TPSA) is 64.7 Å². The van der Waals surface area contributed by atoms with Crippen molar-refractivity contribution >= 4 is 34.9 Å². The summed E-state index contributed by atoms with van der Waals surface area (Å²) >= 11 is 12.1. The van der Waals surface area contributed by atoms with Gasteiger partial charge in [-0.05, 0) is 31.5 Å². The number of halogens is 3. The Morgan fingerprint density at radius 1 is 1.19 bits per heavy atom. The van der Waals surface area contributed by atoms with E-state index in [0.717, 1.165) is 5.56 Å². The van der Waals surface area contributed by atoms with Crippen LogP contribution in [0.4, 0.5) is 10.2 Å². The number of carbonyl (C=O) groups excluding carboxylic acids is 1. The van der Waals surface area contributed by atoms with E-state index in [0.29, 0.717) is 22.3 Å². The number of carbonyl (C=O) groups is 1. The van der Waals surface area contributed by atoms with Gasteiger partial charge in [-0.25, -0.2) is 4.39 Å². The summed E-state index contributed by atoms with van der Waals surface area (Å²) in [6, 6.07) is 5.49. The first-order valence-corrected chi connectivity index (χ1v) is 8.58. The predicted molar refractivity (Wildman–Crippen MR) is 98.1 cm³/mol. The summed E-state index contributed by atoms with van der Waals surface area (Å²) in [5.41, 5.74) is 1.51. The average Bonchev–Trinajstić information content (AvgIpc) is 3.11. The fourth-order valence-electron chi connectivity index (χ4n) is 2.34. The molecule has 0 fully saturated rings. The van der Waals surface area contributed by atoms with Gasteiger partial charge in [0.25, 0.3) is 0 Å². The number of rotatable bonds is 5. The summed E-state index contributed by atoms with van der Waals surface area (Å²) in [5.74, 6) is -0.373. The van der Waals surface area contributed by atoms with Crippen molar-refractivity contribution in [2.75, 3.05) is 5.32 Å². The Labute approximate surface area is 159 Å². The molecule has 0 aliphatic rings. The predicted octanol–water partition coefficient (Wildman–Crippen LogP) is 4.08. The SMILES string of the molecule is Cc1nn(C(C)C(=O)Nc2nn(Cc3ccc(F)cc3)cc2Cl)cc1Cl. The van der Waals surface area contributed by atoms with Gasteiger partial charge in [-0.15, -0.1) is 0 Å². The largest absolute Gasteiger partial charge is 0.306 e. The zero-order valence-electron chi connectivity index (χ0n) is 14.1. The molecule has 0 aliphatic carbocycles. The van der Waals surface area contributed by atoms with Crippen LogP contribution in [0.2, 0.25) is 10.0 Å². The molecule has 1 atom stereocenters. The lowest BCUT2D eigenvalue weighted by Crippen LogP contribution is -2.24. The van der Waals surface area contributed by atoms with Crippen LogP contribution in [0, 0.1) is 12.7 Å². The Bertz CT molecular complexity index is 916. The standard InChI is InChI=1S/C17H16Cl2FN5O/c1-10-14(18)9-25(22-10)11(2)17(26)21-16-15(19)8-24(23-16)7-12-3-5-13(20)6-4-12/h3-6,8-9,11H,7H2,1-2H3,(H,21,23,26). The maximum absolute atomic E-state index is 13.0. The Morgan fingerprint density at radius 3 is 2.50 bits per heavy atom. The third kappa shape index (κ3) is 4.05. The maximum Gasteiger partial charge on any atom is 0.250 e. The van der Waals surface area contributed by atoms with E-state index in [4.69, 9.17) is 23.2 Å². The molecule has 3 rings (SSSR count). The van der Waals surface area contributed by atoms with Crippen LogP contribution in [0.5, 0.6) is 0 Å². The molecule has 1 amide bonds. The zero-order chi connectivity index (χ0) is 18.8. The second-order valence-corrected chi connectivity index (χ2v) is 6.67. The smallest absolute Gasteiger partial charge is 0.250 e. The second kappa shape index (κ2) is 7.47. The molecule has 1 unspecified atom stereocenters. The lowest BCUT2D eigenvalue weighted by molar-refractivity contribution is -0.119. The number of hydrogen-bond donors (Lipinski definition) is 1. The molecular formula is C17H16Cl2FN5O. The summed E-state index contributed by atoms with van der Waals surface area (Å²) in [7, 11) is 0. The minimum absolute atomic E-state index is 0.251. The summed E-state index contributed by atoms with van der Waals surface area (Å²) in [6.45, 7) is 3.86. The Kier molecular flexibility index (Phi) is 5.29. The molecule has 26 heavy (non-hydrogen) atoms. The van der Waals surface area contributed by atoms with E-state index in [-0.39, 0.29) is 17.5 Å². The van der Waals surface area contributed by atoms with E-state index < -0.39 is 6.04 Å². The molecule has 0 radical (unpaired) electrons. The lowest BCUT2D eigenvalue weighted by atomic mass is 10.2. The van der Waals surface area contributed by atoms with Crippen molar-refractivity contribution < 1.29 is 9.18 Å². The molecule has 2 heterocycles. The number of hydrogen-bond acceptors (Lipinski definition) is 3. The molecule has 0 aliphatic heterocycles. The van der Waals surface area contributed by atoms with Gasteiger partial charge in [0.1, 0.15) is 16.9 Å². The molecule has 136 valence electrons. The van der Waals surface area contributed by atoms with Crippen LogP contribution >= 0.6 is 23.2 Å². The first kappa shape index (κ1) is 18.4. The number of amides is 1. The van der Waals surface area contributed by atoms with Gasteiger partial charge in [0.05, 0.1) is 17.3 Å². The van der Waals surface area contributed by atoms with Crippen LogP contribution in [0.25, 0.3) is 0 Å². The molecule has 1 N–H and O–H groups in total. The molecule has 0 spiro atoms. The van der Waals surface area contributed by atoms with Crippen molar-refractivity contribution in [3.05, 3.63) is 63.8 Å². The van der Waals surface area contributed by atoms with Gasteiger partial charge in [0.2, 0.25) is 5.91 Å². The highest BCUT2D eigenvalue weighted by Gasteiger charge is 2.19. The highest BCUT2D eigenvalue weighted by molar-refractivity contribution is 6.33. The number of nitrogens with one attached hydrogen (secondary N) is 1. The molecule has 2 aromatic heterocycles.